The highest BCUT2D eigenvalue weighted by atomic mass is 16.5. The van der Waals surface area contributed by atoms with Gasteiger partial charge in [0.15, 0.2) is 0 Å². The van der Waals surface area contributed by atoms with Crippen molar-refractivity contribution in [3.63, 3.8) is 0 Å². The quantitative estimate of drug-likeness (QED) is 0.531. The van der Waals surface area contributed by atoms with Gasteiger partial charge in [0.2, 0.25) is 0 Å². The van der Waals surface area contributed by atoms with Crippen LogP contribution in [0.4, 0.5) is 0 Å². The minimum Gasteiger partial charge on any atom is -0.497 e. The monoisotopic (exact) mass is 208 g/mol. The van der Waals surface area contributed by atoms with Gasteiger partial charge in [-0.05, 0) is 36.6 Å². The molecular formula is C12H16O3. The van der Waals surface area contributed by atoms with Crippen LogP contribution in [0.1, 0.15) is 18.4 Å². The zero-order valence-corrected chi connectivity index (χ0v) is 9.16. The maximum atomic E-state index is 10.2. The van der Waals surface area contributed by atoms with Crippen LogP contribution in [0, 0.1) is 0 Å². The molecule has 0 heterocycles. The van der Waals surface area contributed by atoms with Crippen molar-refractivity contribution in [3.8, 4) is 11.5 Å². The Morgan fingerprint density at radius 1 is 1.27 bits per heavy atom. The third-order valence-corrected chi connectivity index (χ3v) is 2.26. The Morgan fingerprint density at radius 3 is 2.67 bits per heavy atom. The summed E-state index contributed by atoms with van der Waals surface area (Å²) in [5.41, 5.74) is 1.08. The molecule has 0 saturated carbocycles. The van der Waals surface area contributed by atoms with E-state index in [0.717, 1.165) is 36.2 Å². The number of aryl methyl sites for hydroxylation is 1. The Balaban J connectivity index is 2.76. The summed E-state index contributed by atoms with van der Waals surface area (Å²) < 4.78 is 10.4. The van der Waals surface area contributed by atoms with Gasteiger partial charge in [0.1, 0.15) is 17.8 Å². The molecule has 0 bridgehead atoms. The highest BCUT2D eigenvalue weighted by molar-refractivity contribution is 5.49. The summed E-state index contributed by atoms with van der Waals surface area (Å²) in [5.74, 6) is 1.67. The molecule has 0 aliphatic heterocycles. The maximum Gasteiger partial charge on any atom is 0.122 e. The molecule has 0 spiro atoms. The van der Waals surface area contributed by atoms with E-state index in [1.165, 1.54) is 0 Å². The number of rotatable bonds is 6. The number of unbranched alkanes of at least 4 members (excludes halogenated alkanes) is 1. The molecule has 15 heavy (non-hydrogen) atoms. The number of ether oxygens (including phenoxy) is 2. The van der Waals surface area contributed by atoms with Crippen LogP contribution < -0.4 is 9.47 Å². The van der Waals surface area contributed by atoms with Gasteiger partial charge < -0.3 is 14.3 Å². The van der Waals surface area contributed by atoms with Gasteiger partial charge in [-0.3, -0.25) is 0 Å². The predicted octanol–water partition coefficient (Wildman–Crippen LogP) is 2.23. The summed E-state index contributed by atoms with van der Waals surface area (Å²) in [6.45, 7) is 0. The second kappa shape index (κ2) is 6.06. The van der Waals surface area contributed by atoms with Crippen molar-refractivity contribution in [3.05, 3.63) is 23.8 Å². The first-order chi connectivity index (χ1) is 7.31. The molecule has 1 rings (SSSR count). The molecule has 0 aliphatic carbocycles. The smallest absolute Gasteiger partial charge is 0.122 e. The second-order valence-electron chi connectivity index (χ2n) is 3.24. The van der Waals surface area contributed by atoms with Gasteiger partial charge >= 0.3 is 0 Å². The van der Waals surface area contributed by atoms with Crippen LogP contribution in [0.25, 0.3) is 0 Å². The van der Waals surface area contributed by atoms with Crippen molar-refractivity contribution < 1.29 is 14.3 Å². The topological polar surface area (TPSA) is 35.5 Å². The number of hydrogen-bond acceptors (Lipinski definition) is 3. The molecular weight excluding hydrogens is 192 g/mol. The van der Waals surface area contributed by atoms with Gasteiger partial charge in [0.05, 0.1) is 14.2 Å². The Morgan fingerprint density at radius 2 is 2.07 bits per heavy atom. The molecule has 82 valence electrons. The largest absolute Gasteiger partial charge is 0.497 e. The lowest BCUT2D eigenvalue weighted by atomic mass is 10.1. The molecule has 0 saturated heterocycles. The fraction of sp³-hybridized carbons (Fsp3) is 0.417. The van der Waals surface area contributed by atoms with E-state index in [0.29, 0.717) is 6.42 Å². The average Bonchev–Trinajstić information content (AvgIpc) is 2.29. The third-order valence-electron chi connectivity index (χ3n) is 2.26. The maximum absolute atomic E-state index is 10.2. The first kappa shape index (κ1) is 11.6. The molecule has 0 aromatic heterocycles. The lowest BCUT2D eigenvalue weighted by Crippen LogP contribution is -1.94. The molecule has 1 aromatic carbocycles. The van der Waals surface area contributed by atoms with Crippen molar-refractivity contribution >= 4 is 6.29 Å². The van der Waals surface area contributed by atoms with Crippen molar-refractivity contribution in [2.24, 2.45) is 0 Å². The molecule has 0 unspecified atom stereocenters. The lowest BCUT2D eigenvalue weighted by Gasteiger charge is -2.09. The molecule has 0 aliphatic rings. The zero-order valence-electron chi connectivity index (χ0n) is 9.16. The van der Waals surface area contributed by atoms with E-state index in [-0.39, 0.29) is 0 Å². The predicted molar refractivity (Wildman–Crippen MR) is 58.5 cm³/mol. The van der Waals surface area contributed by atoms with Crippen molar-refractivity contribution in [1.82, 2.24) is 0 Å². The van der Waals surface area contributed by atoms with Crippen LogP contribution in [0.3, 0.4) is 0 Å². The van der Waals surface area contributed by atoms with Gasteiger partial charge in [-0.1, -0.05) is 0 Å². The lowest BCUT2D eigenvalue weighted by molar-refractivity contribution is -0.107. The number of hydrogen-bond donors (Lipinski definition) is 0. The van der Waals surface area contributed by atoms with Gasteiger partial charge in [0, 0.05) is 6.42 Å². The van der Waals surface area contributed by atoms with E-state index in [1.54, 1.807) is 14.2 Å². The summed E-state index contributed by atoms with van der Waals surface area (Å²) in [6, 6.07) is 5.70. The van der Waals surface area contributed by atoms with E-state index in [9.17, 15) is 4.79 Å². The van der Waals surface area contributed by atoms with Crippen LogP contribution in [0.5, 0.6) is 11.5 Å². The van der Waals surface area contributed by atoms with E-state index in [2.05, 4.69) is 0 Å². The molecule has 1 aromatic rings. The molecule has 0 radical (unpaired) electrons. The van der Waals surface area contributed by atoms with Gasteiger partial charge in [-0.15, -0.1) is 0 Å². The van der Waals surface area contributed by atoms with Gasteiger partial charge in [0.25, 0.3) is 0 Å². The van der Waals surface area contributed by atoms with E-state index < -0.39 is 0 Å². The van der Waals surface area contributed by atoms with E-state index in [4.69, 9.17) is 9.47 Å². The number of benzene rings is 1. The Kier molecular flexibility index (Phi) is 4.68. The van der Waals surface area contributed by atoms with Crippen LogP contribution in [0.15, 0.2) is 18.2 Å². The normalized spacial score (nSPS) is 9.73. The summed E-state index contributed by atoms with van der Waals surface area (Å²) >= 11 is 0. The molecule has 3 nitrogen and oxygen atoms in total. The van der Waals surface area contributed by atoms with Crippen LogP contribution >= 0.6 is 0 Å². The molecule has 0 fully saturated rings. The molecule has 3 heteroatoms. The third kappa shape index (κ3) is 3.27. The summed E-state index contributed by atoms with van der Waals surface area (Å²) in [5, 5.41) is 0. The highest BCUT2D eigenvalue weighted by Crippen LogP contribution is 2.25. The van der Waals surface area contributed by atoms with E-state index >= 15 is 0 Å². The minimum absolute atomic E-state index is 0.584. The fourth-order valence-electron chi connectivity index (χ4n) is 1.45. The Labute approximate surface area is 90.0 Å². The second-order valence-corrected chi connectivity index (χ2v) is 3.24. The highest BCUT2D eigenvalue weighted by Gasteiger charge is 2.04. The van der Waals surface area contributed by atoms with Gasteiger partial charge in [-0.2, -0.15) is 0 Å². The fourth-order valence-corrected chi connectivity index (χ4v) is 1.45. The van der Waals surface area contributed by atoms with Crippen LogP contribution in [0.2, 0.25) is 0 Å². The summed E-state index contributed by atoms with van der Waals surface area (Å²) in [6.07, 6.45) is 3.19. The number of methoxy groups -OCH3 is 2. The number of carbonyl (C=O) groups is 1. The first-order valence-electron chi connectivity index (χ1n) is 4.96. The average molecular weight is 208 g/mol. The molecule has 0 N–H and O–H groups in total. The minimum atomic E-state index is 0.584. The number of aldehydes is 1. The van der Waals surface area contributed by atoms with Crippen molar-refractivity contribution in [1.29, 1.82) is 0 Å². The van der Waals surface area contributed by atoms with Crippen molar-refractivity contribution in [2.75, 3.05) is 14.2 Å². The molecule has 0 amide bonds. The Hall–Kier alpha value is -1.51. The van der Waals surface area contributed by atoms with Crippen LogP contribution in [-0.2, 0) is 11.2 Å². The van der Waals surface area contributed by atoms with Crippen molar-refractivity contribution in [2.45, 2.75) is 19.3 Å². The summed E-state index contributed by atoms with van der Waals surface area (Å²) in [7, 11) is 3.28. The zero-order chi connectivity index (χ0) is 11.1. The Bertz CT molecular complexity index is 321. The first-order valence-corrected chi connectivity index (χ1v) is 4.96. The molecule has 0 atom stereocenters. The van der Waals surface area contributed by atoms with Crippen LogP contribution in [-0.4, -0.2) is 20.5 Å². The summed E-state index contributed by atoms with van der Waals surface area (Å²) in [4.78, 5) is 10.2. The SMILES string of the molecule is COc1ccc(OC)c(CCCC=O)c1. The van der Waals surface area contributed by atoms with E-state index in [1.807, 2.05) is 18.2 Å². The number of carbonyl (C=O) groups excluding carboxylic acids is 1. The standard InChI is InChI=1S/C12H16O3/c1-14-11-6-7-12(15-2)10(9-11)5-3-4-8-13/h6-9H,3-5H2,1-2H3. The van der Waals surface area contributed by atoms with Gasteiger partial charge in [-0.25, -0.2) is 0 Å².